The molecule has 0 saturated carbocycles. The molecule has 10 rings (SSSR count). The van der Waals surface area contributed by atoms with Crippen molar-refractivity contribution in [3.8, 4) is 33.6 Å². The van der Waals surface area contributed by atoms with E-state index in [1.165, 1.54) is 82.1 Å². The third-order valence-corrected chi connectivity index (χ3v) is 10.1. The van der Waals surface area contributed by atoms with E-state index in [1.54, 1.807) is 0 Å². The van der Waals surface area contributed by atoms with E-state index >= 15 is 0 Å². The molecular weight excluding hydrogens is 569 g/mol. The van der Waals surface area contributed by atoms with Gasteiger partial charge in [-0.1, -0.05) is 116 Å². The van der Waals surface area contributed by atoms with Crippen LogP contribution >= 0.6 is 0 Å². The summed E-state index contributed by atoms with van der Waals surface area (Å²) in [6.45, 7) is 6.49. The molecule has 1 aliphatic carbocycles. The van der Waals surface area contributed by atoms with Gasteiger partial charge in [-0.25, -0.2) is 0 Å². The first-order valence-corrected chi connectivity index (χ1v) is 16.3. The molecule has 7 aromatic carbocycles. The average molecular weight is 599 g/mol. The Balaban J connectivity index is 1.40. The maximum Gasteiger partial charge on any atom is 0.0641 e. The maximum absolute atomic E-state index is 4.39. The summed E-state index contributed by atoms with van der Waals surface area (Å²) < 4.78 is 4.89. The van der Waals surface area contributed by atoms with Crippen molar-refractivity contribution in [2.24, 2.45) is 0 Å². The van der Waals surface area contributed by atoms with Gasteiger partial charge in [0.2, 0.25) is 0 Å². The van der Waals surface area contributed by atoms with Crippen LogP contribution in [0.3, 0.4) is 0 Å². The van der Waals surface area contributed by atoms with Crippen molar-refractivity contribution in [2.75, 3.05) is 0 Å². The Morgan fingerprint density at radius 2 is 1.21 bits per heavy atom. The molecule has 2 aromatic heterocycles. The van der Waals surface area contributed by atoms with E-state index in [4.69, 9.17) is 0 Å². The average Bonchev–Trinajstić information content (AvgIpc) is 3.75. The zero-order chi connectivity index (χ0) is 31.2. The minimum atomic E-state index is 1.09. The molecule has 0 radical (unpaired) electrons. The van der Waals surface area contributed by atoms with E-state index in [-0.39, 0.29) is 0 Å². The van der Waals surface area contributed by atoms with Crippen molar-refractivity contribution < 1.29 is 0 Å². The monoisotopic (exact) mass is 598 g/mol. The summed E-state index contributed by atoms with van der Waals surface area (Å²) in [6.07, 6.45) is 6.44. The number of allylic oxidation sites excluding steroid dienone is 1. The van der Waals surface area contributed by atoms with Crippen LogP contribution in [0, 0.1) is 0 Å². The molecule has 0 aliphatic heterocycles. The normalized spacial score (nSPS) is 12.4. The van der Waals surface area contributed by atoms with Crippen LogP contribution in [0.15, 0.2) is 146 Å². The smallest absolute Gasteiger partial charge is 0.0641 e. The zero-order valence-corrected chi connectivity index (χ0v) is 26.0. The van der Waals surface area contributed by atoms with Gasteiger partial charge in [-0.3, -0.25) is 0 Å². The number of hydrogen-bond acceptors (Lipinski definition) is 0. The van der Waals surface area contributed by atoms with E-state index in [9.17, 15) is 0 Å². The number of benzene rings is 7. The number of nitrogens with zero attached hydrogens (tertiary/aromatic N) is 2. The first-order valence-electron chi connectivity index (χ1n) is 16.3. The Morgan fingerprint density at radius 3 is 2.04 bits per heavy atom. The largest absolute Gasteiger partial charge is 0.309 e. The van der Waals surface area contributed by atoms with Gasteiger partial charge in [0.15, 0.2) is 0 Å². The molecule has 0 fully saturated rings. The highest BCUT2D eigenvalue weighted by atomic mass is 15.0. The van der Waals surface area contributed by atoms with Gasteiger partial charge < -0.3 is 9.13 Å². The topological polar surface area (TPSA) is 9.86 Å². The summed E-state index contributed by atoms with van der Waals surface area (Å²) in [5.74, 6) is 0. The lowest BCUT2D eigenvalue weighted by molar-refractivity contribution is 1.11. The molecule has 0 bridgehead atoms. The van der Waals surface area contributed by atoms with Gasteiger partial charge in [-0.2, -0.15) is 0 Å². The van der Waals surface area contributed by atoms with E-state index in [1.807, 2.05) is 6.08 Å². The number of fused-ring (bicyclic) bond motifs is 10. The Bertz CT molecular complexity index is 2800. The molecule has 0 atom stereocenters. The molecule has 0 saturated heterocycles. The van der Waals surface area contributed by atoms with Crippen molar-refractivity contribution in [1.82, 2.24) is 9.13 Å². The third-order valence-electron chi connectivity index (χ3n) is 10.1. The molecule has 0 amide bonds. The summed E-state index contributed by atoms with van der Waals surface area (Å²) in [7, 11) is 0. The summed E-state index contributed by atoms with van der Waals surface area (Å²) in [6, 6.07) is 49.0. The molecule has 1 aliphatic rings. The van der Waals surface area contributed by atoms with Crippen LogP contribution in [0.4, 0.5) is 0 Å². The van der Waals surface area contributed by atoms with Crippen molar-refractivity contribution in [3.63, 3.8) is 0 Å². The van der Waals surface area contributed by atoms with Crippen LogP contribution in [-0.2, 0) is 0 Å². The van der Waals surface area contributed by atoms with E-state index < -0.39 is 0 Å². The van der Waals surface area contributed by atoms with E-state index in [0.29, 0.717) is 0 Å². The summed E-state index contributed by atoms with van der Waals surface area (Å²) in [5.41, 5.74) is 13.4. The van der Waals surface area contributed by atoms with Crippen LogP contribution in [0.2, 0.25) is 0 Å². The minimum Gasteiger partial charge on any atom is -0.309 e. The molecule has 0 N–H and O–H groups in total. The summed E-state index contributed by atoms with van der Waals surface area (Å²) >= 11 is 0. The molecule has 47 heavy (non-hydrogen) atoms. The SMILES string of the molecule is C=Cc1c(/C=C\C)c2c(ccc3c4c5ccccc5ccc4n(-c4ccccc4)c32)n1-c1cc2c3c(cccc3c1)-c1ccccc1-2. The Morgan fingerprint density at radius 1 is 0.511 bits per heavy atom. The van der Waals surface area contributed by atoms with Crippen LogP contribution < -0.4 is 0 Å². The second kappa shape index (κ2) is 9.69. The molecular formula is C45H30N2. The highest BCUT2D eigenvalue weighted by molar-refractivity contribution is 6.27. The standard InChI is InChI=1S/C45H30N2/c1-3-13-36-39(4-2)46(31-26-29-15-12-21-35-33-19-10-11-20-34(33)38(27-31)42(29)35)41-25-23-37-43-32-18-9-8-14-28(32)22-24-40(43)47(45(37)44(36)41)30-16-6-5-7-17-30/h3-27H,2H2,1H3/b13-3-. The van der Waals surface area contributed by atoms with Gasteiger partial charge >= 0.3 is 0 Å². The minimum absolute atomic E-state index is 1.09. The maximum atomic E-state index is 4.39. The quantitative estimate of drug-likeness (QED) is 0.191. The zero-order valence-electron chi connectivity index (χ0n) is 26.0. The van der Waals surface area contributed by atoms with Gasteiger partial charge in [0.1, 0.15) is 0 Å². The molecule has 9 aromatic rings. The fourth-order valence-corrected chi connectivity index (χ4v) is 8.29. The van der Waals surface area contributed by atoms with Crippen molar-refractivity contribution in [3.05, 3.63) is 157 Å². The fraction of sp³-hybridized carbons (Fsp3) is 0.0222. The Hall–Kier alpha value is -6.12. The summed E-state index contributed by atoms with van der Waals surface area (Å²) in [5, 5.41) is 8.87. The Labute approximate surface area is 272 Å². The second-order valence-corrected chi connectivity index (χ2v) is 12.5. The lowest BCUT2D eigenvalue weighted by atomic mass is 10.0. The predicted octanol–water partition coefficient (Wildman–Crippen LogP) is 12.4. The van der Waals surface area contributed by atoms with E-state index in [2.05, 4.69) is 168 Å². The van der Waals surface area contributed by atoms with Crippen molar-refractivity contribution in [2.45, 2.75) is 6.92 Å². The van der Waals surface area contributed by atoms with Gasteiger partial charge in [-0.05, 0) is 93.2 Å². The van der Waals surface area contributed by atoms with Crippen molar-refractivity contribution >= 4 is 66.4 Å². The fourth-order valence-electron chi connectivity index (χ4n) is 8.29. The van der Waals surface area contributed by atoms with Crippen LogP contribution in [0.25, 0.3) is 100 Å². The summed E-state index contributed by atoms with van der Waals surface area (Å²) in [4.78, 5) is 0. The van der Waals surface area contributed by atoms with Crippen LogP contribution in [0.5, 0.6) is 0 Å². The molecule has 2 heterocycles. The first kappa shape index (κ1) is 26.1. The van der Waals surface area contributed by atoms with Gasteiger partial charge in [0.05, 0.1) is 22.2 Å². The highest BCUT2D eigenvalue weighted by Gasteiger charge is 2.26. The third kappa shape index (κ3) is 3.45. The molecule has 0 spiro atoms. The molecule has 2 heteroatoms. The van der Waals surface area contributed by atoms with Gasteiger partial charge in [0, 0.05) is 33.1 Å². The van der Waals surface area contributed by atoms with Gasteiger partial charge in [0.25, 0.3) is 0 Å². The van der Waals surface area contributed by atoms with Crippen LogP contribution in [0.1, 0.15) is 18.2 Å². The number of para-hydroxylation sites is 1. The Kier molecular flexibility index (Phi) is 5.39. The second-order valence-electron chi connectivity index (χ2n) is 12.5. The van der Waals surface area contributed by atoms with Crippen molar-refractivity contribution in [1.29, 1.82) is 0 Å². The number of aromatic nitrogens is 2. The molecule has 220 valence electrons. The lowest BCUT2D eigenvalue weighted by Gasteiger charge is -2.13. The van der Waals surface area contributed by atoms with E-state index in [0.717, 1.165) is 17.1 Å². The predicted molar refractivity (Wildman–Crippen MR) is 202 cm³/mol. The first-order chi connectivity index (χ1) is 23.3. The molecule has 2 nitrogen and oxygen atoms in total. The number of rotatable bonds is 4. The number of hydrogen-bond donors (Lipinski definition) is 0. The van der Waals surface area contributed by atoms with Gasteiger partial charge in [-0.15, -0.1) is 0 Å². The lowest BCUT2D eigenvalue weighted by Crippen LogP contribution is -1.98. The van der Waals surface area contributed by atoms with Crippen LogP contribution in [-0.4, -0.2) is 9.13 Å². The highest BCUT2D eigenvalue weighted by Crippen LogP contribution is 2.49. The molecule has 0 unspecified atom stereocenters.